The first-order chi connectivity index (χ1) is 12.5. The molecule has 2 nitrogen and oxygen atoms in total. The molecule has 0 saturated carbocycles. The molecule has 1 heterocycles. The smallest absolute Gasteiger partial charge is 0.389 e. The van der Waals surface area contributed by atoms with Gasteiger partial charge in [0.2, 0.25) is 0 Å². The quantitative estimate of drug-likeness (QED) is 0.462. The topological polar surface area (TPSA) is 30.9 Å². The maximum atomic E-state index is 13.3. The van der Waals surface area contributed by atoms with Crippen molar-refractivity contribution in [3.8, 4) is 11.1 Å². The Kier molecular flexibility index (Phi) is 4.67. The van der Waals surface area contributed by atoms with Crippen molar-refractivity contribution >= 4 is 28.1 Å². The normalized spacial score (nSPS) is 12.5. The van der Waals surface area contributed by atoms with Gasteiger partial charge in [0, 0.05) is 22.7 Å². The number of benzene rings is 2. The molecule has 0 aliphatic carbocycles. The molecular formula is C18H12F6N2S. The van der Waals surface area contributed by atoms with Gasteiger partial charge in [-0.05, 0) is 35.4 Å². The van der Waals surface area contributed by atoms with Gasteiger partial charge < -0.3 is 10.3 Å². The predicted molar refractivity (Wildman–Crippen MR) is 94.3 cm³/mol. The van der Waals surface area contributed by atoms with Gasteiger partial charge in [-0.2, -0.15) is 26.3 Å². The molecule has 142 valence electrons. The lowest BCUT2D eigenvalue weighted by atomic mass is 9.97. The Labute approximate surface area is 155 Å². The number of fused-ring (bicyclic) bond motifs is 1. The van der Waals surface area contributed by atoms with E-state index in [1.54, 1.807) is 18.2 Å². The summed E-state index contributed by atoms with van der Waals surface area (Å²) in [7, 11) is 0. The molecule has 27 heavy (non-hydrogen) atoms. The number of rotatable bonds is 3. The molecule has 0 spiro atoms. The third kappa shape index (κ3) is 4.08. The molecule has 0 aliphatic rings. The molecule has 2 N–H and O–H groups in total. The number of nitrogens with zero attached hydrogens (tertiary/aromatic N) is 1. The van der Waals surface area contributed by atoms with Crippen LogP contribution in [-0.2, 0) is 12.7 Å². The van der Waals surface area contributed by atoms with Crippen molar-refractivity contribution in [3.63, 3.8) is 0 Å². The highest BCUT2D eigenvalue weighted by atomic mass is 32.1. The number of halogens is 6. The first-order valence-corrected chi connectivity index (χ1v) is 8.03. The van der Waals surface area contributed by atoms with Crippen LogP contribution in [-0.4, -0.2) is 15.7 Å². The van der Waals surface area contributed by atoms with Crippen LogP contribution < -0.4 is 5.73 Å². The van der Waals surface area contributed by atoms with E-state index in [0.717, 1.165) is 22.9 Å². The van der Waals surface area contributed by atoms with Crippen molar-refractivity contribution in [2.24, 2.45) is 5.73 Å². The molecule has 0 atom stereocenters. The third-order valence-electron chi connectivity index (χ3n) is 4.02. The van der Waals surface area contributed by atoms with Gasteiger partial charge in [-0.1, -0.05) is 30.4 Å². The monoisotopic (exact) mass is 402 g/mol. The summed E-state index contributed by atoms with van der Waals surface area (Å²) in [5.74, 6) is 0. The second kappa shape index (κ2) is 6.56. The highest BCUT2D eigenvalue weighted by Crippen LogP contribution is 2.38. The molecule has 0 saturated heterocycles. The van der Waals surface area contributed by atoms with Crippen molar-refractivity contribution in [3.05, 3.63) is 59.8 Å². The number of thiocarbonyl (C=S) groups is 1. The van der Waals surface area contributed by atoms with Crippen LogP contribution in [0.15, 0.2) is 48.7 Å². The Morgan fingerprint density at radius 3 is 2.30 bits per heavy atom. The van der Waals surface area contributed by atoms with Gasteiger partial charge in [-0.15, -0.1) is 0 Å². The zero-order valence-electron chi connectivity index (χ0n) is 13.5. The van der Waals surface area contributed by atoms with Crippen LogP contribution in [0.5, 0.6) is 0 Å². The van der Waals surface area contributed by atoms with Crippen LogP contribution in [0.3, 0.4) is 0 Å². The van der Waals surface area contributed by atoms with Gasteiger partial charge in [0.15, 0.2) is 0 Å². The lowest BCUT2D eigenvalue weighted by molar-refractivity contribution is -0.139. The minimum Gasteiger partial charge on any atom is -0.389 e. The molecule has 0 amide bonds. The largest absolute Gasteiger partial charge is 0.416 e. The lowest BCUT2D eigenvalue weighted by Gasteiger charge is -2.14. The zero-order chi connectivity index (χ0) is 20.0. The SMILES string of the molecule is NC(=S)c1cccc(-c2cc(C(F)(F)F)cc3c2ccn3CC(F)(F)F)c1. The number of aromatic nitrogens is 1. The Hall–Kier alpha value is -2.55. The standard InChI is InChI=1S/C18H12F6N2S/c19-17(20,21)9-26-5-4-13-14(7-12(8-15(13)26)18(22,23)24)10-2-1-3-11(6-10)16(25)27/h1-8H,9H2,(H2,25,27). The van der Waals surface area contributed by atoms with Gasteiger partial charge in [-0.3, -0.25) is 0 Å². The number of alkyl halides is 6. The summed E-state index contributed by atoms with van der Waals surface area (Å²) in [4.78, 5) is 0.0645. The molecule has 1 aromatic heterocycles. The summed E-state index contributed by atoms with van der Waals surface area (Å²) < 4.78 is 79.0. The summed E-state index contributed by atoms with van der Waals surface area (Å²) in [5, 5.41) is 0.271. The summed E-state index contributed by atoms with van der Waals surface area (Å²) in [5.41, 5.74) is 5.35. The summed E-state index contributed by atoms with van der Waals surface area (Å²) in [6.45, 7) is -1.38. The van der Waals surface area contributed by atoms with Crippen molar-refractivity contribution < 1.29 is 26.3 Å². The van der Waals surface area contributed by atoms with Gasteiger partial charge in [0.25, 0.3) is 0 Å². The molecule has 3 rings (SSSR count). The Morgan fingerprint density at radius 2 is 1.70 bits per heavy atom. The fourth-order valence-corrected chi connectivity index (χ4v) is 3.00. The van der Waals surface area contributed by atoms with E-state index in [1.165, 1.54) is 12.1 Å². The molecule has 9 heteroatoms. The van der Waals surface area contributed by atoms with E-state index in [4.69, 9.17) is 18.0 Å². The molecule has 3 aromatic rings. The molecule has 0 unspecified atom stereocenters. The molecule has 2 aromatic carbocycles. The minimum absolute atomic E-state index is 0.0645. The van der Waals surface area contributed by atoms with E-state index in [9.17, 15) is 26.3 Å². The minimum atomic E-state index is -4.71. The van der Waals surface area contributed by atoms with E-state index in [1.807, 2.05) is 0 Å². The molecular weight excluding hydrogens is 390 g/mol. The highest BCUT2D eigenvalue weighted by molar-refractivity contribution is 7.80. The van der Waals surface area contributed by atoms with E-state index in [0.29, 0.717) is 11.1 Å². The number of hydrogen-bond acceptors (Lipinski definition) is 1. The van der Waals surface area contributed by atoms with E-state index < -0.39 is 24.5 Å². The molecule has 0 aliphatic heterocycles. The lowest BCUT2D eigenvalue weighted by Crippen LogP contribution is -2.17. The fraction of sp³-hybridized carbons (Fsp3) is 0.167. The molecule has 0 bridgehead atoms. The molecule has 0 radical (unpaired) electrons. The fourth-order valence-electron chi connectivity index (χ4n) is 2.87. The summed E-state index contributed by atoms with van der Waals surface area (Å²) in [6.07, 6.45) is -8.15. The van der Waals surface area contributed by atoms with Crippen LogP contribution in [0.1, 0.15) is 11.1 Å². The predicted octanol–water partition coefficient (Wildman–Crippen LogP) is 5.52. The van der Waals surface area contributed by atoms with Crippen LogP contribution in [0.2, 0.25) is 0 Å². The van der Waals surface area contributed by atoms with Crippen molar-refractivity contribution in [2.45, 2.75) is 18.9 Å². The van der Waals surface area contributed by atoms with Crippen molar-refractivity contribution in [2.75, 3.05) is 0 Å². The Morgan fingerprint density at radius 1 is 1.00 bits per heavy atom. The maximum Gasteiger partial charge on any atom is 0.416 e. The van der Waals surface area contributed by atoms with Crippen molar-refractivity contribution in [1.29, 1.82) is 0 Å². The van der Waals surface area contributed by atoms with Gasteiger partial charge in [0.1, 0.15) is 11.5 Å². The van der Waals surface area contributed by atoms with Crippen LogP contribution in [0.25, 0.3) is 22.0 Å². The average Bonchev–Trinajstić information content (AvgIpc) is 2.94. The second-order valence-corrected chi connectivity index (χ2v) is 6.40. The van der Waals surface area contributed by atoms with Gasteiger partial charge in [0.05, 0.1) is 5.56 Å². The van der Waals surface area contributed by atoms with E-state index in [2.05, 4.69) is 0 Å². The van der Waals surface area contributed by atoms with Gasteiger partial charge in [-0.25, -0.2) is 0 Å². The maximum absolute atomic E-state index is 13.3. The van der Waals surface area contributed by atoms with Crippen LogP contribution in [0, 0.1) is 0 Å². The summed E-state index contributed by atoms with van der Waals surface area (Å²) in [6, 6.07) is 9.25. The van der Waals surface area contributed by atoms with Crippen LogP contribution >= 0.6 is 12.2 Å². The number of nitrogens with two attached hydrogens (primary N) is 1. The average molecular weight is 402 g/mol. The Balaban J connectivity index is 2.28. The zero-order valence-corrected chi connectivity index (χ0v) is 14.3. The van der Waals surface area contributed by atoms with E-state index >= 15 is 0 Å². The van der Waals surface area contributed by atoms with Gasteiger partial charge >= 0.3 is 12.4 Å². The summed E-state index contributed by atoms with van der Waals surface area (Å²) >= 11 is 4.89. The number of hydrogen-bond donors (Lipinski definition) is 1. The first-order valence-electron chi connectivity index (χ1n) is 7.63. The van der Waals surface area contributed by atoms with Crippen LogP contribution in [0.4, 0.5) is 26.3 Å². The second-order valence-electron chi connectivity index (χ2n) is 5.96. The highest BCUT2D eigenvalue weighted by Gasteiger charge is 2.33. The third-order valence-corrected chi connectivity index (χ3v) is 4.26. The van der Waals surface area contributed by atoms with E-state index in [-0.39, 0.29) is 21.5 Å². The first kappa shape index (κ1) is 19.2. The molecule has 0 fully saturated rings. The van der Waals surface area contributed by atoms with Crippen molar-refractivity contribution in [1.82, 2.24) is 4.57 Å². The Bertz CT molecular complexity index is 1020.